The minimum atomic E-state index is 0.501. The van der Waals surface area contributed by atoms with Crippen LogP contribution in [0.3, 0.4) is 0 Å². The smallest absolute Gasteiger partial charge is 0.138 e. The molecule has 5 heteroatoms. The maximum Gasteiger partial charge on any atom is 0.138 e. The van der Waals surface area contributed by atoms with Gasteiger partial charge in [0.25, 0.3) is 0 Å². The molecular weight excluding hydrogens is 240 g/mol. The summed E-state index contributed by atoms with van der Waals surface area (Å²) in [5, 5.41) is 4.39. The molecule has 0 spiro atoms. The Labute approximate surface area is 113 Å². The second kappa shape index (κ2) is 6.33. The molecule has 0 saturated carbocycles. The number of hydrogen-bond donors (Lipinski definition) is 1. The Hall–Kier alpha value is -1.88. The molecule has 0 aromatic carbocycles. The Morgan fingerprint density at radius 3 is 2.74 bits per heavy atom. The third kappa shape index (κ3) is 3.54. The van der Waals surface area contributed by atoms with E-state index < -0.39 is 0 Å². The monoisotopic (exact) mass is 260 g/mol. The molecule has 19 heavy (non-hydrogen) atoms. The van der Waals surface area contributed by atoms with Crippen molar-refractivity contribution in [2.75, 3.05) is 6.54 Å². The summed E-state index contributed by atoms with van der Waals surface area (Å²) in [5.74, 6) is 0.764. The van der Waals surface area contributed by atoms with Gasteiger partial charge in [0.2, 0.25) is 0 Å². The van der Waals surface area contributed by atoms with Gasteiger partial charge in [0.1, 0.15) is 12.4 Å². The highest BCUT2D eigenvalue weighted by atomic mass is 16.5. The van der Waals surface area contributed by atoms with E-state index in [1.54, 1.807) is 6.20 Å². The largest absolute Gasteiger partial charge is 0.486 e. The zero-order valence-corrected chi connectivity index (χ0v) is 11.5. The van der Waals surface area contributed by atoms with Crippen LogP contribution in [0.15, 0.2) is 24.4 Å². The fourth-order valence-corrected chi connectivity index (χ4v) is 1.83. The second-order valence-electron chi connectivity index (χ2n) is 4.42. The highest BCUT2D eigenvalue weighted by Crippen LogP contribution is 2.12. The van der Waals surface area contributed by atoms with Gasteiger partial charge in [-0.05, 0) is 31.2 Å². The van der Waals surface area contributed by atoms with Gasteiger partial charge < -0.3 is 10.5 Å². The first-order chi connectivity index (χ1) is 9.22. The summed E-state index contributed by atoms with van der Waals surface area (Å²) in [6, 6.07) is 5.94. The van der Waals surface area contributed by atoms with Crippen molar-refractivity contribution in [1.82, 2.24) is 14.8 Å². The van der Waals surface area contributed by atoms with E-state index in [9.17, 15) is 0 Å². The van der Waals surface area contributed by atoms with Crippen LogP contribution in [0.25, 0.3) is 0 Å². The Morgan fingerprint density at radius 1 is 1.32 bits per heavy atom. The predicted molar refractivity (Wildman–Crippen MR) is 73.9 cm³/mol. The molecule has 0 aliphatic rings. The van der Waals surface area contributed by atoms with Gasteiger partial charge in [-0.15, -0.1) is 0 Å². The molecule has 0 aliphatic heterocycles. The van der Waals surface area contributed by atoms with E-state index in [1.807, 2.05) is 23.9 Å². The third-order valence-electron chi connectivity index (χ3n) is 2.97. The van der Waals surface area contributed by atoms with Crippen molar-refractivity contribution in [2.45, 2.75) is 26.4 Å². The maximum atomic E-state index is 5.71. The quantitative estimate of drug-likeness (QED) is 0.854. The normalized spacial score (nSPS) is 10.7. The third-order valence-corrected chi connectivity index (χ3v) is 2.97. The van der Waals surface area contributed by atoms with Gasteiger partial charge in [-0.3, -0.25) is 9.67 Å². The lowest BCUT2D eigenvalue weighted by atomic mass is 10.3. The SMILES string of the molecule is CCc1cc(COc2ccc(CCN)nc2)n(C)n1. The van der Waals surface area contributed by atoms with Crippen molar-refractivity contribution in [3.8, 4) is 5.75 Å². The van der Waals surface area contributed by atoms with Crippen molar-refractivity contribution < 1.29 is 4.74 Å². The summed E-state index contributed by atoms with van der Waals surface area (Å²) in [5.41, 5.74) is 8.61. The Kier molecular flexibility index (Phi) is 4.52. The molecule has 0 bridgehead atoms. The number of rotatable bonds is 6. The highest BCUT2D eigenvalue weighted by molar-refractivity contribution is 5.20. The average Bonchev–Trinajstić information content (AvgIpc) is 2.79. The molecule has 0 aliphatic carbocycles. The number of pyridine rings is 1. The van der Waals surface area contributed by atoms with Gasteiger partial charge in [-0.1, -0.05) is 6.92 Å². The molecule has 5 nitrogen and oxygen atoms in total. The van der Waals surface area contributed by atoms with Crippen LogP contribution >= 0.6 is 0 Å². The molecule has 0 unspecified atom stereocenters. The lowest BCUT2D eigenvalue weighted by Gasteiger charge is -2.06. The highest BCUT2D eigenvalue weighted by Gasteiger charge is 2.04. The van der Waals surface area contributed by atoms with Crippen LogP contribution in [0.2, 0.25) is 0 Å². The summed E-state index contributed by atoms with van der Waals surface area (Å²) in [4.78, 5) is 4.30. The molecular formula is C14H20N4O. The molecule has 2 N–H and O–H groups in total. The second-order valence-corrected chi connectivity index (χ2v) is 4.42. The van der Waals surface area contributed by atoms with E-state index >= 15 is 0 Å². The van der Waals surface area contributed by atoms with Crippen molar-refractivity contribution >= 4 is 0 Å². The van der Waals surface area contributed by atoms with Crippen LogP contribution in [-0.4, -0.2) is 21.3 Å². The van der Waals surface area contributed by atoms with Gasteiger partial charge in [0, 0.05) is 19.2 Å². The number of aromatic nitrogens is 3. The average molecular weight is 260 g/mol. The topological polar surface area (TPSA) is 66.0 Å². The molecule has 0 atom stereocenters. The summed E-state index contributed by atoms with van der Waals surface area (Å²) >= 11 is 0. The zero-order valence-electron chi connectivity index (χ0n) is 11.5. The van der Waals surface area contributed by atoms with E-state index in [0.29, 0.717) is 13.2 Å². The van der Waals surface area contributed by atoms with Crippen LogP contribution in [0.4, 0.5) is 0 Å². The molecule has 2 aromatic rings. The van der Waals surface area contributed by atoms with E-state index in [4.69, 9.17) is 10.5 Å². The zero-order chi connectivity index (χ0) is 13.7. The van der Waals surface area contributed by atoms with Gasteiger partial charge >= 0.3 is 0 Å². The summed E-state index contributed by atoms with van der Waals surface area (Å²) < 4.78 is 7.57. The first-order valence-corrected chi connectivity index (χ1v) is 6.52. The fraction of sp³-hybridized carbons (Fsp3) is 0.429. The van der Waals surface area contributed by atoms with Crippen molar-refractivity contribution in [2.24, 2.45) is 12.8 Å². The van der Waals surface area contributed by atoms with E-state index in [0.717, 1.165) is 35.7 Å². The number of nitrogens with two attached hydrogens (primary N) is 1. The van der Waals surface area contributed by atoms with Crippen molar-refractivity contribution in [3.63, 3.8) is 0 Å². The maximum absolute atomic E-state index is 5.71. The summed E-state index contributed by atoms with van der Waals surface area (Å²) in [7, 11) is 1.93. The lowest BCUT2D eigenvalue weighted by Crippen LogP contribution is -2.05. The Bertz CT molecular complexity index is 519. The number of ether oxygens (including phenoxy) is 1. The molecule has 102 valence electrons. The first-order valence-electron chi connectivity index (χ1n) is 6.52. The summed E-state index contributed by atoms with van der Waals surface area (Å²) in [6.45, 7) is 3.20. The van der Waals surface area contributed by atoms with Crippen molar-refractivity contribution in [1.29, 1.82) is 0 Å². The molecule has 0 saturated heterocycles. The van der Waals surface area contributed by atoms with Gasteiger partial charge in [0.15, 0.2) is 0 Å². The van der Waals surface area contributed by atoms with Crippen LogP contribution < -0.4 is 10.5 Å². The molecule has 0 amide bonds. The lowest BCUT2D eigenvalue weighted by molar-refractivity contribution is 0.293. The van der Waals surface area contributed by atoms with Crippen LogP contribution in [0, 0.1) is 0 Å². The van der Waals surface area contributed by atoms with Gasteiger partial charge in [-0.25, -0.2) is 0 Å². The first kappa shape index (κ1) is 13.5. The number of aryl methyl sites for hydroxylation is 2. The van der Waals surface area contributed by atoms with Crippen molar-refractivity contribution in [3.05, 3.63) is 41.5 Å². The Balaban J connectivity index is 1.95. The van der Waals surface area contributed by atoms with Crippen LogP contribution in [0.1, 0.15) is 24.0 Å². The van der Waals surface area contributed by atoms with E-state index in [2.05, 4.69) is 23.1 Å². The minimum Gasteiger partial charge on any atom is -0.486 e. The minimum absolute atomic E-state index is 0.501. The summed E-state index contributed by atoms with van der Waals surface area (Å²) in [6.07, 6.45) is 3.47. The Morgan fingerprint density at radius 2 is 2.16 bits per heavy atom. The molecule has 0 radical (unpaired) electrons. The van der Waals surface area contributed by atoms with Crippen LogP contribution in [-0.2, 0) is 26.5 Å². The molecule has 2 heterocycles. The number of nitrogens with zero attached hydrogens (tertiary/aromatic N) is 3. The predicted octanol–water partition coefficient (Wildman–Crippen LogP) is 1.46. The van der Waals surface area contributed by atoms with E-state index in [-0.39, 0.29) is 0 Å². The standard InChI is InChI=1S/C14H20N4O/c1-3-11-8-13(18(2)17-11)10-19-14-5-4-12(6-7-15)16-9-14/h4-5,8-9H,3,6-7,10,15H2,1-2H3. The molecule has 2 rings (SSSR count). The van der Waals surface area contributed by atoms with E-state index in [1.165, 1.54) is 0 Å². The fourth-order valence-electron chi connectivity index (χ4n) is 1.83. The molecule has 2 aromatic heterocycles. The van der Waals surface area contributed by atoms with Crippen LogP contribution in [0.5, 0.6) is 5.75 Å². The number of hydrogen-bond acceptors (Lipinski definition) is 4. The van der Waals surface area contributed by atoms with Gasteiger partial charge in [0.05, 0.1) is 17.6 Å². The van der Waals surface area contributed by atoms with Gasteiger partial charge in [-0.2, -0.15) is 5.10 Å². The molecule has 0 fully saturated rings.